The number of carbonyl (C=O) groups excluding carboxylic acids is 1. The highest BCUT2D eigenvalue weighted by Crippen LogP contribution is 2.23. The second kappa shape index (κ2) is 3.66. The molecule has 80 valence electrons. The van der Waals surface area contributed by atoms with Crippen molar-refractivity contribution in [3.63, 3.8) is 0 Å². The van der Waals surface area contributed by atoms with Gasteiger partial charge in [-0.3, -0.25) is 4.79 Å². The van der Waals surface area contributed by atoms with Gasteiger partial charge in [-0.15, -0.1) is 0 Å². The van der Waals surface area contributed by atoms with Crippen LogP contribution >= 0.6 is 0 Å². The average Bonchev–Trinajstić information content (AvgIpc) is 2.23. The molecule has 1 aliphatic heterocycles. The topological polar surface area (TPSA) is 29.5 Å². The van der Waals surface area contributed by atoms with Gasteiger partial charge in [0.1, 0.15) is 5.60 Å². The van der Waals surface area contributed by atoms with Gasteiger partial charge in [0.15, 0.2) is 0 Å². The van der Waals surface area contributed by atoms with Crippen molar-refractivity contribution in [2.24, 2.45) is 0 Å². The minimum absolute atomic E-state index is 0.0277. The summed E-state index contributed by atoms with van der Waals surface area (Å²) in [5.41, 5.74) is 0.243. The van der Waals surface area contributed by atoms with E-state index in [1.807, 2.05) is 44.2 Å². The Morgan fingerprint density at radius 1 is 1.27 bits per heavy atom. The van der Waals surface area contributed by atoms with Gasteiger partial charge in [0.2, 0.25) is 0 Å². The van der Waals surface area contributed by atoms with Crippen molar-refractivity contribution in [2.45, 2.75) is 19.4 Å². The Balaban J connectivity index is 2.27. The monoisotopic (exact) mass is 205 g/mol. The number of hydrogen-bond acceptors (Lipinski definition) is 2. The number of hydrogen-bond donors (Lipinski definition) is 0. The molecule has 0 radical (unpaired) electrons. The lowest BCUT2D eigenvalue weighted by Gasteiger charge is -2.37. The summed E-state index contributed by atoms with van der Waals surface area (Å²) >= 11 is 0. The van der Waals surface area contributed by atoms with Crippen LogP contribution in [0.4, 0.5) is 5.69 Å². The maximum Gasteiger partial charge on any atom is 0.258 e. The van der Waals surface area contributed by atoms with E-state index in [1.54, 1.807) is 4.90 Å². The molecule has 15 heavy (non-hydrogen) atoms. The molecule has 0 atom stereocenters. The van der Waals surface area contributed by atoms with Gasteiger partial charge in [-0.1, -0.05) is 18.2 Å². The minimum atomic E-state index is -0.700. The smallest absolute Gasteiger partial charge is 0.258 e. The Morgan fingerprint density at radius 2 is 1.93 bits per heavy atom. The van der Waals surface area contributed by atoms with Crippen molar-refractivity contribution in [3.8, 4) is 0 Å². The first-order valence-corrected chi connectivity index (χ1v) is 5.12. The molecule has 1 aromatic rings. The Hall–Kier alpha value is -1.35. The van der Waals surface area contributed by atoms with E-state index in [-0.39, 0.29) is 5.91 Å². The summed E-state index contributed by atoms with van der Waals surface area (Å²) in [6, 6.07) is 9.70. The average molecular weight is 205 g/mol. The van der Waals surface area contributed by atoms with Crippen molar-refractivity contribution in [3.05, 3.63) is 30.3 Å². The summed E-state index contributed by atoms with van der Waals surface area (Å²) < 4.78 is 5.44. The van der Waals surface area contributed by atoms with Crippen LogP contribution in [-0.2, 0) is 9.53 Å². The van der Waals surface area contributed by atoms with E-state index in [0.29, 0.717) is 13.2 Å². The fraction of sp³-hybridized carbons (Fsp3) is 0.417. The van der Waals surface area contributed by atoms with Crippen LogP contribution in [0, 0.1) is 0 Å². The molecule has 0 unspecified atom stereocenters. The largest absolute Gasteiger partial charge is 0.364 e. The zero-order valence-corrected chi connectivity index (χ0v) is 9.06. The van der Waals surface area contributed by atoms with E-state index in [2.05, 4.69) is 0 Å². The van der Waals surface area contributed by atoms with Gasteiger partial charge in [-0.25, -0.2) is 0 Å². The van der Waals surface area contributed by atoms with Crippen LogP contribution in [-0.4, -0.2) is 24.7 Å². The standard InChI is InChI=1S/C12H15NO2/c1-12(2)11(14)13(8-9-15-12)10-6-4-3-5-7-10/h3-7H,8-9H2,1-2H3. The normalized spacial score (nSPS) is 20.4. The molecule has 0 spiro atoms. The Labute approximate surface area is 89.7 Å². The van der Waals surface area contributed by atoms with Crippen LogP contribution in [0.5, 0.6) is 0 Å². The minimum Gasteiger partial charge on any atom is -0.364 e. The molecule has 3 heteroatoms. The Morgan fingerprint density at radius 3 is 2.60 bits per heavy atom. The third-order valence-electron chi connectivity index (χ3n) is 2.61. The molecule has 3 nitrogen and oxygen atoms in total. The van der Waals surface area contributed by atoms with Crippen molar-refractivity contribution in [1.82, 2.24) is 0 Å². The molecule has 1 amide bonds. The lowest BCUT2D eigenvalue weighted by Crippen LogP contribution is -2.53. The fourth-order valence-electron chi connectivity index (χ4n) is 1.73. The fourth-order valence-corrected chi connectivity index (χ4v) is 1.73. The number of para-hydroxylation sites is 1. The number of rotatable bonds is 1. The summed E-state index contributed by atoms with van der Waals surface area (Å²) in [6.07, 6.45) is 0. The van der Waals surface area contributed by atoms with Gasteiger partial charge in [0, 0.05) is 12.2 Å². The number of benzene rings is 1. The predicted molar refractivity (Wildman–Crippen MR) is 58.8 cm³/mol. The first-order valence-electron chi connectivity index (χ1n) is 5.12. The molecule has 0 saturated carbocycles. The van der Waals surface area contributed by atoms with E-state index in [1.165, 1.54) is 0 Å². The highest BCUT2D eigenvalue weighted by molar-refractivity contribution is 5.99. The number of anilines is 1. The highest BCUT2D eigenvalue weighted by atomic mass is 16.5. The number of amides is 1. The van der Waals surface area contributed by atoms with E-state index in [4.69, 9.17) is 4.74 Å². The van der Waals surface area contributed by atoms with Crippen molar-refractivity contribution in [2.75, 3.05) is 18.1 Å². The van der Waals surface area contributed by atoms with Crippen LogP contribution in [0.2, 0.25) is 0 Å². The van der Waals surface area contributed by atoms with E-state index in [0.717, 1.165) is 5.69 Å². The predicted octanol–water partition coefficient (Wildman–Crippen LogP) is 1.83. The molecule has 1 fully saturated rings. The van der Waals surface area contributed by atoms with Gasteiger partial charge in [0.25, 0.3) is 5.91 Å². The van der Waals surface area contributed by atoms with Gasteiger partial charge < -0.3 is 9.64 Å². The molecule has 0 bridgehead atoms. The van der Waals surface area contributed by atoms with Crippen molar-refractivity contribution in [1.29, 1.82) is 0 Å². The molecular weight excluding hydrogens is 190 g/mol. The van der Waals surface area contributed by atoms with Crippen molar-refractivity contribution < 1.29 is 9.53 Å². The summed E-state index contributed by atoms with van der Waals surface area (Å²) in [7, 11) is 0. The lowest BCUT2D eigenvalue weighted by molar-refractivity contribution is -0.144. The Kier molecular flexibility index (Phi) is 2.49. The van der Waals surface area contributed by atoms with Crippen LogP contribution in [0.25, 0.3) is 0 Å². The number of morpholine rings is 1. The summed E-state index contributed by atoms with van der Waals surface area (Å²) in [6.45, 7) is 4.84. The number of nitrogens with zero attached hydrogens (tertiary/aromatic N) is 1. The SMILES string of the molecule is CC1(C)OCCN(c2ccccc2)C1=O. The maximum atomic E-state index is 12.0. The summed E-state index contributed by atoms with van der Waals surface area (Å²) in [4.78, 5) is 13.8. The molecule has 1 aliphatic rings. The van der Waals surface area contributed by atoms with Gasteiger partial charge in [-0.05, 0) is 26.0 Å². The summed E-state index contributed by atoms with van der Waals surface area (Å²) in [5.74, 6) is 0.0277. The van der Waals surface area contributed by atoms with Crippen molar-refractivity contribution >= 4 is 11.6 Å². The van der Waals surface area contributed by atoms with Crippen LogP contribution < -0.4 is 4.90 Å². The molecule has 1 saturated heterocycles. The van der Waals surface area contributed by atoms with E-state index < -0.39 is 5.60 Å². The van der Waals surface area contributed by atoms with Crippen LogP contribution in [0.15, 0.2) is 30.3 Å². The van der Waals surface area contributed by atoms with Gasteiger partial charge >= 0.3 is 0 Å². The van der Waals surface area contributed by atoms with Gasteiger partial charge in [-0.2, -0.15) is 0 Å². The Bertz CT molecular complexity index is 359. The zero-order chi connectivity index (χ0) is 10.9. The van der Waals surface area contributed by atoms with Crippen LogP contribution in [0.1, 0.15) is 13.8 Å². The second-order valence-corrected chi connectivity index (χ2v) is 4.15. The maximum absolute atomic E-state index is 12.0. The first kappa shape index (κ1) is 10.2. The molecule has 0 N–H and O–H groups in total. The van der Waals surface area contributed by atoms with E-state index in [9.17, 15) is 4.79 Å². The summed E-state index contributed by atoms with van der Waals surface area (Å²) in [5, 5.41) is 0. The molecule has 1 heterocycles. The second-order valence-electron chi connectivity index (χ2n) is 4.15. The number of ether oxygens (including phenoxy) is 1. The lowest BCUT2D eigenvalue weighted by atomic mass is 10.1. The number of carbonyl (C=O) groups is 1. The van der Waals surface area contributed by atoms with E-state index >= 15 is 0 Å². The molecular formula is C12H15NO2. The third kappa shape index (κ3) is 1.88. The molecule has 1 aromatic carbocycles. The highest BCUT2D eigenvalue weighted by Gasteiger charge is 2.37. The molecule has 2 rings (SSSR count). The van der Waals surface area contributed by atoms with Gasteiger partial charge in [0.05, 0.1) is 6.61 Å². The quantitative estimate of drug-likeness (QED) is 0.700. The zero-order valence-electron chi connectivity index (χ0n) is 9.06. The van der Waals surface area contributed by atoms with Crippen LogP contribution in [0.3, 0.4) is 0 Å². The molecule has 0 aliphatic carbocycles. The molecule has 0 aromatic heterocycles. The third-order valence-corrected chi connectivity index (χ3v) is 2.61. The first-order chi connectivity index (χ1) is 7.11.